The molecule has 0 aliphatic rings. The summed E-state index contributed by atoms with van der Waals surface area (Å²) in [5.41, 5.74) is 15.5. The van der Waals surface area contributed by atoms with Gasteiger partial charge in [0.2, 0.25) is 0 Å². The van der Waals surface area contributed by atoms with E-state index < -0.39 is 0 Å². The topological polar surface area (TPSA) is 103 Å². The van der Waals surface area contributed by atoms with E-state index in [2.05, 4.69) is 20.2 Å². The lowest BCUT2D eigenvalue weighted by atomic mass is 10.2. The average molecular weight is 192 g/mol. The Balaban J connectivity index is 2.55. The van der Waals surface area contributed by atoms with Crippen LogP contribution in [0.5, 0.6) is 0 Å². The fourth-order valence-electron chi connectivity index (χ4n) is 1.05. The number of nitrogen functional groups attached to an aromatic ring is 1. The Morgan fingerprint density at radius 3 is 3.07 bits per heavy atom. The molecule has 0 saturated carbocycles. The van der Waals surface area contributed by atoms with Gasteiger partial charge >= 0.3 is 0 Å². The second-order valence-electron chi connectivity index (χ2n) is 2.79. The number of azide groups is 1. The molecule has 1 heterocycles. The summed E-state index contributed by atoms with van der Waals surface area (Å²) >= 11 is 0. The van der Waals surface area contributed by atoms with Crippen molar-refractivity contribution in [3.05, 3.63) is 27.8 Å². The molecule has 0 amide bonds. The summed E-state index contributed by atoms with van der Waals surface area (Å²) in [6, 6.07) is 0. The third kappa shape index (κ3) is 2.53. The first-order chi connectivity index (χ1) is 6.75. The summed E-state index contributed by atoms with van der Waals surface area (Å²) in [4.78, 5) is 2.65. The van der Waals surface area contributed by atoms with Gasteiger partial charge < -0.3 is 5.73 Å². The smallest absolute Gasteiger partial charge is 0.152 e. The summed E-state index contributed by atoms with van der Waals surface area (Å²) in [5.74, 6) is 0.488. The van der Waals surface area contributed by atoms with Crippen LogP contribution in [0.1, 0.15) is 17.7 Å². The molecule has 0 saturated heterocycles. The number of aryl methyl sites for hydroxylation is 1. The molecule has 0 radical (unpaired) electrons. The molecule has 1 aromatic rings. The van der Waals surface area contributed by atoms with Gasteiger partial charge in [0.15, 0.2) is 5.82 Å². The van der Waals surface area contributed by atoms with Crippen molar-refractivity contribution in [3.63, 3.8) is 0 Å². The minimum atomic E-state index is 0.462. The van der Waals surface area contributed by atoms with Crippen LogP contribution in [0.4, 0.5) is 5.82 Å². The number of H-pyrrole nitrogens is 1. The third-order valence-corrected chi connectivity index (χ3v) is 1.77. The Hall–Kier alpha value is -1.94. The van der Waals surface area contributed by atoms with Crippen molar-refractivity contribution < 1.29 is 0 Å². The molecule has 1 aromatic heterocycles. The maximum absolute atomic E-state index is 8.04. The van der Waals surface area contributed by atoms with Crippen molar-refractivity contribution in [1.82, 2.24) is 10.2 Å². The molecule has 0 unspecified atom stereocenters. The van der Waals surface area contributed by atoms with Crippen LogP contribution in [0.15, 0.2) is 11.2 Å². The monoisotopic (exact) mass is 192 g/mol. The molecule has 74 valence electrons. The van der Waals surface area contributed by atoms with Gasteiger partial charge in [0.1, 0.15) is 0 Å². The predicted octanol–water partition coefficient (Wildman–Crippen LogP) is 2.01. The SMILES string of the molecule is Cc1[nH]nc(N)c1C=CCCN=[N+]=[N-]. The Kier molecular flexibility index (Phi) is 3.58. The second-order valence-corrected chi connectivity index (χ2v) is 2.79. The lowest BCUT2D eigenvalue weighted by Crippen LogP contribution is -1.86. The van der Waals surface area contributed by atoms with Gasteiger partial charge in [-0.15, -0.1) is 0 Å². The van der Waals surface area contributed by atoms with Crippen LogP contribution < -0.4 is 5.73 Å². The van der Waals surface area contributed by atoms with Gasteiger partial charge in [0, 0.05) is 22.7 Å². The van der Waals surface area contributed by atoms with Crippen LogP contribution in [0.2, 0.25) is 0 Å². The van der Waals surface area contributed by atoms with Crippen LogP contribution in [-0.4, -0.2) is 16.7 Å². The van der Waals surface area contributed by atoms with Crippen molar-refractivity contribution in [1.29, 1.82) is 0 Å². The number of nitrogens with zero attached hydrogens (tertiary/aromatic N) is 4. The molecule has 6 nitrogen and oxygen atoms in total. The normalized spacial score (nSPS) is 10.4. The lowest BCUT2D eigenvalue weighted by molar-refractivity contribution is 0.995. The summed E-state index contributed by atoms with van der Waals surface area (Å²) in [6.07, 6.45) is 4.48. The number of nitrogens with two attached hydrogens (primary N) is 1. The fraction of sp³-hybridized carbons (Fsp3) is 0.375. The Labute approximate surface area is 81.4 Å². The van der Waals surface area contributed by atoms with E-state index >= 15 is 0 Å². The molecule has 1 rings (SSSR count). The van der Waals surface area contributed by atoms with E-state index in [1.165, 1.54) is 0 Å². The van der Waals surface area contributed by atoms with Crippen LogP contribution in [0, 0.1) is 6.92 Å². The van der Waals surface area contributed by atoms with Crippen LogP contribution in [0.25, 0.3) is 16.5 Å². The quantitative estimate of drug-likeness (QED) is 0.329. The van der Waals surface area contributed by atoms with Gasteiger partial charge in [0.25, 0.3) is 0 Å². The molecule has 0 atom stereocenters. The van der Waals surface area contributed by atoms with E-state index in [9.17, 15) is 0 Å². The average Bonchev–Trinajstić information content (AvgIpc) is 2.48. The molecule has 0 aromatic carbocycles. The van der Waals surface area contributed by atoms with E-state index in [4.69, 9.17) is 11.3 Å². The van der Waals surface area contributed by atoms with Crippen LogP contribution >= 0.6 is 0 Å². The van der Waals surface area contributed by atoms with Gasteiger partial charge in [-0.25, -0.2) is 0 Å². The number of hydrogen-bond acceptors (Lipinski definition) is 3. The number of hydrogen-bond donors (Lipinski definition) is 2. The van der Waals surface area contributed by atoms with E-state index in [1.807, 2.05) is 19.1 Å². The standard InChI is InChI=1S/C8H12N6/c1-6-7(8(9)13-12-6)4-2-3-5-11-14-10/h2,4H,3,5H2,1H3,(H3,9,12,13). The largest absolute Gasteiger partial charge is 0.382 e. The molecule has 0 aliphatic heterocycles. The molecule has 6 heteroatoms. The van der Waals surface area contributed by atoms with Gasteiger partial charge in [-0.3, -0.25) is 5.10 Å². The molecule has 0 bridgehead atoms. The van der Waals surface area contributed by atoms with Gasteiger partial charge in [-0.2, -0.15) is 5.10 Å². The second kappa shape index (κ2) is 4.94. The summed E-state index contributed by atoms with van der Waals surface area (Å²) in [5, 5.41) is 10.0. The van der Waals surface area contributed by atoms with E-state index in [-0.39, 0.29) is 0 Å². The molecular weight excluding hydrogens is 180 g/mol. The Morgan fingerprint density at radius 1 is 1.71 bits per heavy atom. The first-order valence-corrected chi connectivity index (χ1v) is 4.23. The number of aromatic nitrogens is 2. The third-order valence-electron chi connectivity index (χ3n) is 1.77. The zero-order chi connectivity index (χ0) is 10.4. The first kappa shape index (κ1) is 10.1. The van der Waals surface area contributed by atoms with E-state index in [0.29, 0.717) is 18.8 Å². The fourth-order valence-corrected chi connectivity index (χ4v) is 1.05. The minimum Gasteiger partial charge on any atom is -0.382 e. The highest BCUT2D eigenvalue weighted by Crippen LogP contribution is 2.14. The Morgan fingerprint density at radius 2 is 2.50 bits per heavy atom. The summed E-state index contributed by atoms with van der Waals surface area (Å²) in [6.45, 7) is 2.36. The number of rotatable bonds is 4. The van der Waals surface area contributed by atoms with Crippen molar-refractivity contribution in [2.45, 2.75) is 13.3 Å². The van der Waals surface area contributed by atoms with Crippen molar-refractivity contribution >= 4 is 11.9 Å². The first-order valence-electron chi connectivity index (χ1n) is 4.23. The van der Waals surface area contributed by atoms with E-state index in [0.717, 1.165) is 11.3 Å². The molecule has 0 spiro atoms. The van der Waals surface area contributed by atoms with E-state index in [1.54, 1.807) is 0 Å². The van der Waals surface area contributed by atoms with Gasteiger partial charge in [-0.1, -0.05) is 17.3 Å². The maximum atomic E-state index is 8.04. The van der Waals surface area contributed by atoms with Crippen molar-refractivity contribution in [2.75, 3.05) is 12.3 Å². The number of nitrogens with one attached hydrogen (secondary N) is 1. The maximum Gasteiger partial charge on any atom is 0.152 e. The van der Waals surface area contributed by atoms with Crippen LogP contribution in [0.3, 0.4) is 0 Å². The summed E-state index contributed by atoms with van der Waals surface area (Å²) < 4.78 is 0. The molecule has 3 N–H and O–H groups in total. The van der Waals surface area contributed by atoms with Crippen molar-refractivity contribution in [2.24, 2.45) is 5.11 Å². The van der Waals surface area contributed by atoms with Crippen LogP contribution in [-0.2, 0) is 0 Å². The predicted molar refractivity (Wildman–Crippen MR) is 55.4 cm³/mol. The minimum absolute atomic E-state index is 0.462. The summed E-state index contributed by atoms with van der Waals surface area (Å²) in [7, 11) is 0. The Bertz CT molecular complexity index is 352. The number of anilines is 1. The zero-order valence-corrected chi connectivity index (χ0v) is 7.94. The number of aromatic amines is 1. The highest BCUT2D eigenvalue weighted by Gasteiger charge is 2.01. The van der Waals surface area contributed by atoms with Gasteiger partial charge in [-0.05, 0) is 18.9 Å². The molecule has 14 heavy (non-hydrogen) atoms. The van der Waals surface area contributed by atoms with Crippen molar-refractivity contribution in [3.8, 4) is 0 Å². The highest BCUT2D eigenvalue weighted by molar-refractivity contribution is 5.62. The molecule has 0 aliphatic carbocycles. The highest BCUT2D eigenvalue weighted by atomic mass is 15.2. The lowest BCUT2D eigenvalue weighted by Gasteiger charge is -1.90. The molecule has 0 fully saturated rings. The zero-order valence-electron chi connectivity index (χ0n) is 7.94. The van der Waals surface area contributed by atoms with Gasteiger partial charge in [0.05, 0.1) is 0 Å². The molecular formula is C8H12N6.